The number of rotatable bonds is 4. The lowest BCUT2D eigenvalue weighted by Gasteiger charge is -2.07. The van der Waals surface area contributed by atoms with Crippen LogP contribution >= 0.6 is 15.9 Å². The summed E-state index contributed by atoms with van der Waals surface area (Å²) in [6.07, 6.45) is 1.76. The summed E-state index contributed by atoms with van der Waals surface area (Å²) in [5, 5.41) is 7.34. The van der Waals surface area contributed by atoms with Gasteiger partial charge in [-0.1, -0.05) is 15.9 Å². The maximum Gasteiger partial charge on any atom is 0.123 e. The molecule has 17 heavy (non-hydrogen) atoms. The van der Waals surface area contributed by atoms with Crippen molar-refractivity contribution < 1.29 is 4.39 Å². The minimum absolute atomic E-state index is 0.217. The van der Waals surface area contributed by atoms with Crippen molar-refractivity contribution in [3.05, 3.63) is 52.0 Å². The quantitative estimate of drug-likeness (QED) is 0.940. The molecule has 0 aliphatic rings. The number of hydrogen-bond acceptors (Lipinski definition) is 2. The fraction of sp³-hybridized carbons (Fsp3) is 0.250. The van der Waals surface area contributed by atoms with E-state index in [1.165, 1.54) is 12.1 Å². The van der Waals surface area contributed by atoms with Crippen molar-refractivity contribution in [2.45, 2.75) is 13.1 Å². The fourth-order valence-electron chi connectivity index (χ4n) is 1.58. The van der Waals surface area contributed by atoms with Crippen LogP contribution in [-0.4, -0.2) is 9.78 Å². The lowest BCUT2D eigenvalue weighted by atomic mass is 10.2. The van der Waals surface area contributed by atoms with E-state index in [0.29, 0.717) is 13.1 Å². The van der Waals surface area contributed by atoms with Crippen LogP contribution in [0.4, 0.5) is 4.39 Å². The highest BCUT2D eigenvalue weighted by atomic mass is 79.9. The van der Waals surface area contributed by atoms with Gasteiger partial charge in [0, 0.05) is 30.8 Å². The molecule has 0 fully saturated rings. The van der Waals surface area contributed by atoms with E-state index in [4.69, 9.17) is 0 Å². The largest absolute Gasteiger partial charge is 0.307 e. The molecule has 0 amide bonds. The monoisotopic (exact) mass is 297 g/mol. The summed E-state index contributed by atoms with van der Waals surface area (Å²) in [5.74, 6) is -0.217. The number of benzene rings is 1. The van der Waals surface area contributed by atoms with Gasteiger partial charge in [0.1, 0.15) is 5.82 Å². The molecule has 0 saturated heterocycles. The Morgan fingerprint density at radius 3 is 2.88 bits per heavy atom. The number of nitrogens with one attached hydrogen (secondary N) is 1. The second kappa shape index (κ2) is 5.42. The molecule has 90 valence electrons. The number of hydrogen-bond donors (Lipinski definition) is 1. The van der Waals surface area contributed by atoms with E-state index < -0.39 is 0 Å². The van der Waals surface area contributed by atoms with E-state index in [9.17, 15) is 4.39 Å². The van der Waals surface area contributed by atoms with Crippen LogP contribution in [0.25, 0.3) is 0 Å². The third-order valence-corrected chi connectivity index (χ3v) is 3.33. The van der Waals surface area contributed by atoms with Gasteiger partial charge in [0.05, 0.1) is 5.69 Å². The molecule has 0 radical (unpaired) electrons. The first-order valence-corrected chi connectivity index (χ1v) is 6.07. The molecule has 0 saturated carbocycles. The molecule has 1 heterocycles. The first-order valence-electron chi connectivity index (χ1n) is 5.28. The maximum atomic E-state index is 13.0. The molecule has 0 aliphatic heterocycles. The Morgan fingerprint density at radius 2 is 2.18 bits per heavy atom. The van der Waals surface area contributed by atoms with Crippen molar-refractivity contribution in [2.24, 2.45) is 7.05 Å². The van der Waals surface area contributed by atoms with Gasteiger partial charge >= 0.3 is 0 Å². The van der Waals surface area contributed by atoms with Crippen molar-refractivity contribution in [3.8, 4) is 0 Å². The molecule has 1 aromatic heterocycles. The first-order chi connectivity index (χ1) is 8.16. The highest BCUT2D eigenvalue weighted by Crippen LogP contribution is 2.17. The minimum Gasteiger partial charge on any atom is -0.307 e. The van der Waals surface area contributed by atoms with E-state index >= 15 is 0 Å². The number of halogens is 2. The summed E-state index contributed by atoms with van der Waals surface area (Å²) in [4.78, 5) is 0. The maximum absolute atomic E-state index is 13.0. The van der Waals surface area contributed by atoms with Crippen LogP contribution in [0, 0.1) is 5.82 Å². The predicted octanol–water partition coefficient (Wildman–Crippen LogP) is 2.61. The molecular formula is C12H13BrFN3. The van der Waals surface area contributed by atoms with Crippen molar-refractivity contribution in [1.29, 1.82) is 0 Å². The van der Waals surface area contributed by atoms with Gasteiger partial charge in [-0.3, -0.25) is 4.68 Å². The topological polar surface area (TPSA) is 29.9 Å². The molecule has 0 atom stereocenters. The second-order valence-corrected chi connectivity index (χ2v) is 4.64. The molecule has 0 aliphatic carbocycles. The lowest BCUT2D eigenvalue weighted by Crippen LogP contribution is -2.15. The Kier molecular flexibility index (Phi) is 3.91. The normalized spacial score (nSPS) is 10.8. The van der Waals surface area contributed by atoms with Gasteiger partial charge in [-0.2, -0.15) is 5.10 Å². The van der Waals surface area contributed by atoms with Gasteiger partial charge in [-0.25, -0.2) is 4.39 Å². The Labute approximate surface area is 108 Å². The SMILES string of the molecule is Cn1nccc1CNCc1cc(F)ccc1Br. The molecule has 2 rings (SSSR count). The molecule has 2 aromatic rings. The molecule has 1 N–H and O–H groups in total. The zero-order chi connectivity index (χ0) is 12.3. The number of nitrogens with zero attached hydrogens (tertiary/aromatic N) is 2. The smallest absolute Gasteiger partial charge is 0.123 e. The van der Waals surface area contributed by atoms with Crippen LogP contribution in [0.5, 0.6) is 0 Å². The van der Waals surface area contributed by atoms with E-state index in [-0.39, 0.29) is 5.82 Å². The van der Waals surface area contributed by atoms with Crippen molar-refractivity contribution in [2.75, 3.05) is 0 Å². The standard InChI is InChI=1S/C12H13BrFN3/c1-17-11(4-5-16-17)8-15-7-9-6-10(14)2-3-12(9)13/h2-6,15H,7-8H2,1H3. The Balaban J connectivity index is 1.94. The van der Waals surface area contributed by atoms with Gasteiger partial charge in [0.2, 0.25) is 0 Å². The molecule has 5 heteroatoms. The highest BCUT2D eigenvalue weighted by Gasteiger charge is 2.02. The Bertz CT molecular complexity index is 510. The van der Waals surface area contributed by atoms with Crippen LogP contribution in [0.2, 0.25) is 0 Å². The van der Waals surface area contributed by atoms with Crippen LogP contribution in [-0.2, 0) is 20.1 Å². The Hall–Kier alpha value is -1.20. The van der Waals surface area contributed by atoms with E-state index in [0.717, 1.165) is 15.7 Å². The average molecular weight is 298 g/mol. The summed E-state index contributed by atoms with van der Waals surface area (Å²) in [6.45, 7) is 1.32. The zero-order valence-corrected chi connectivity index (χ0v) is 11.0. The van der Waals surface area contributed by atoms with Gasteiger partial charge in [-0.15, -0.1) is 0 Å². The lowest BCUT2D eigenvalue weighted by molar-refractivity contribution is 0.608. The van der Waals surface area contributed by atoms with Crippen molar-refractivity contribution in [3.63, 3.8) is 0 Å². The third-order valence-electron chi connectivity index (χ3n) is 2.55. The van der Waals surface area contributed by atoms with Crippen LogP contribution < -0.4 is 5.32 Å². The Morgan fingerprint density at radius 1 is 1.35 bits per heavy atom. The second-order valence-electron chi connectivity index (χ2n) is 3.79. The zero-order valence-electron chi connectivity index (χ0n) is 9.45. The molecular weight excluding hydrogens is 285 g/mol. The van der Waals surface area contributed by atoms with Crippen LogP contribution in [0.3, 0.4) is 0 Å². The van der Waals surface area contributed by atoms with Gasteiger partial charge in [0.15, 0.2) is 0 Å². The summed E-state index contributed by atoms with van der Waals surface area (Å²) in [5.41, 5.74) is 2.00. The van der Waals surface area contributed by atoms with Gasteiger partial charge in [-0.05, 0) is 29.8 Å². The summed E-state index contributed by atoms with van der Waals surface area (Å²) < 4.78 is 15.8. The molecule has 0 unspecified atom stereocenters. The van der Waals surface area contributed by atoms with Crippen LogP contribution in [0.15, 0.2) is 34.9 Å². The fourth-order valence-corrected chi connectivity index (χ4v) is 1.97. The van der Waals surface area contributed by atoms with E-state index in [1.54, 1.807) is 12.3 Å². The third kappa shape index (κ3) is 3.14. The number of aryl methyl sites for hydroxylation is 1. The average Bonchev–Trinajstić information content (AvgIpc) is 2.70. The van der Waals surface area contributed by atoms with Gasteiger partial charge in [0.25, 0.3) is 0 Å². The van der Waals surface area contributed by atoms with E-state index in [1.807, 2.05) is 17.8 Å². The minimum atomic E-state index is -0.217. The number of aromatic nitrogens is 2. The molecule has 1 aromatic carbocycles. The van der Waals surface area contributed by atoms with Crippen LogP contribution in [0.1, 0.15) is 11.3 Å². The molecule has 0 spiro atoms. The summed E-state index contributed by atoms with van der Waals surface area (Å²) in [7, 11) is 1.90. The van der Waals surface area contributed by atoms with E-state index in [2.05, 4.69) is 26.3 Å². The highest BCUT2D eigenvalue weighted by molar-refractivity contribution is 9.10. The summed E-state index contributed by atoms with van der Waals surface area (Å²) in [6, 6.07) is 6.64. The predicted molar refractivity (Wildman–Crippen MR) is 67.9 cm³/mol. The van der Waals surface area contributed by atoms with Gasteiger partial charge < -0.3 is 5.32 Å². The van der Waals surface area contributed by atoms with Crippen molar-refractivity contribution >= 4 is 15.9 Å². The van der Waals surface area contributed by atoms with Crippen molar-refractivity contribution in [1.82, 2.24) is 15.1 Å². The summed E-state index contributed by atoms with van der Waals surface area (Å²) >= 11 is 3.40. The first kappa shape index (κ1) is 12.3. The molecule has 0 bridgehead atoms. The molecule has 3 nitrogen and oxygen atoms in total.